The quantitative estimate of drug-likeness (QED) is 0.614. The van der Waals surface area contributed by atoms with E-state index in [1.807, 2.05) is 67.6 Å². The van der Waals surface area contributed by atoms with E-state index in [-0.39, 0.29) is 5.56 Å². The van der Waals surface area contributed by atoms with Crippen molar-refractivity contribution < 1.29 is 0 Å². The average molecular weight is 301 g/mol. The van der Waals surface area contributed by atoms with Crippen molar-refractivity contribution in [1.29, 1.82) is 0 Å². The van der Waals surface area contributed by atoms with Crippen LogP contribution in [0.4, 0.5) is 0 Å². The summed E-state index contributed by atoms with van der Waals surface area (Å²) in [6.45, 7) is 1.99. The van der Waals surface area contributed by atoms with Crippen LogP contribution in [0.3, 0.4) is 0 Å². The first-order valence-corrected chi connectivity index (χ1v) is 7.47. The van der Waals surface area contributed by atoms with Crippen LogP contribution >= 0.6 is 0 Å². The van der Waals surface area contributed by atoms with Gasteiger partial charge in [0.25, 0.3) is 5.56 Å². The lowest BCUT2D eigenvalue weighted by atomic mass is 9.99. The Morgan fingerprint density at radius 1 is 0.957 bits per heavy atom. The summed E-state index contributed by atoms with van der Waals surface area (Å²) in [4.78, 5) is 15.9. The molecule has 0 spiro atoms. The summed E-state index contributed by atoms with van der Waals surface area (Å²) in [6, 6.07) is 19.5. The molecule has 0 radical (unpaired) electrons. The van der Waals surface area contributed by atoms with Crippen molar-refractivity contribution in [1.82, 2.24) is 14.8 Å². The molecule has 0 unspecified atom stereocenters. The van der Waals surface area contributed by atoms with Crippen molar-refractivity contribution in [2.45, 2.75) is 6.92 Å². The van der Waals surface area contributed by atoms with Gasteiger partial charge in [0.1, 0.15) is 5.69 Å². The molecular weight excluding hydrogens is 286 g/mol. The molecule has 2 aliphatic heterocycles. The number of pyridine rings is 1. The van der Waals surface area contributed by atoms with E-state index in [4.69, 9.17) is 0 Å². The Bertz CT molecular complexity index is 984. The number of benzene rings is 2. The fourth-order valence-electron chi connectivity index (χ4n) is 2.86. The topological polar surface area (TPSA) is 50.7 Å². The normalized spacial score (nSPS) is 11.0. The molecule has 0 saturated carbocycles. The van der Waals surface area contributed by atoms with Crippen LogP contribution in [0.2, 0.25) is 0 Å². The minimum atomic E-state index is -0.111. The van der Waals surface area contributed by atoms with Crippen LogP contribution in [0.1, 0.15) is 5.69 Å². The Balaban J connectivity index is 2.03. The molecule has 1 N–H and O–H groups in total. The highest BCUT2D eigenvalue weighted by Gasteiger charge is 2.21. The van der Waals surface area contributed by atoms with Gasteiger partial charge in [0.15, 0.2) is 0 Å². The van der Waals surface area contributed by atoms with Crippen LogP contribution in [-0.2, 0) is 0 Å². The number of para-hydroxylation sites is 1. The molecule has 0 amide bonds. The van der Waals surface area contributed by atoms with Crippen LogP contribution in [0.15, 0.2) is 71.7 Å². The fourth-order valence-corrected chi connectivity index (χ4v) is 2.86. The van der Waals surface area contributed by atoms with Gasteiger partial charge in [-0.2, -0.15) is 9.78 Å². The predicted octanol–water partition coefficient (Wildman–Crippen LogP) is 3.64. The third kappa shape index (κ3) is 2.16. The molecule has 4 nitrogen and oxygen atoms in total. The number of hydrogen-bond acceptors (Lipinski definition) is 2. The number of rotatable bonds is 2. The molecule has 0 aliphatic carbocycles. The van der Waals surface area contributed by atoms with Gasteiger partial charge < -0.3 is 4.98 Å². The zero-order valence-electron chi connectivity index (χ0n) is 12.7. The van der Waals surface area contributed by atoms with Crippen molar-refractivity contribution in [2.75, 3.05) is 0 Å². The number of hydrogen-bond donors (Lipinski definition) is 1. The Kier molecular flexibility index (Phi) is 3.08. The number of nitrogens with one attached hydrogen (secondary N) is 1. The molecule has 2 aromatic rings. The van der Waals surface area contributed by atoms with Crippen LogP contribution in [-0.4, -0.2) is 14.8 Å². The molecule has 4 rings (SSSR count). The van der Waals surface area contributed by atoms with E-state index in [0.29, 0.717) is 5.56 Å². The molecule has 0 saturated heterocycles. The smallest absolute Gasteiger partial charge is 0.282 e. The minimum absolute atomic E-state index is 0.111. The minimum Gasteiger partial charge on any atom is -0.364 e. The van der Waals surface area contributed by atoms with Crippen molar-refractivity contribution in [3.05, 3.63) is 82.9 Å². The molecule has 4 heteroatoms. The number of aromatic amines is 1. The first-order chi connectivity index (χ1) is 11.3. The standard InChI is InChI=1S/C19H15N3O/c1-13-17(14-8-4-2-5-9-14)18-16(12-20-13)19(23)22(21-18)15-10-6-3-7-11-15/h2-12,20H,1H3. The second kappa shape index (κ2) is 5.25. The first-order valence-electron chi connectivity index (χ1n) is 7.47. The van der Waals surface area contributed by atoms with Crippen LogP contribution in [0.25, 0.3) is 28.1 Å². The highest BCUT2D eigenvalue weighted by atomic mass is 16.1. The van der Waals surface area contributed by atoms with E-state index in [0.717, 1.165) is 28.2 Å². The lowest BCUT2D eigenvalue weighted by Crippen LogP contribution is -2.14. The summed E-state index contributed by atoms with van der Waals surface area (Å²) in [5.74, 6) is 0. The first kappa shape index (κ1) is 13.5. The van der Waals surface area contributed by atoms with Gasteiger partial charge in [0.05, 0.1) is 11.3 Å². The Morgan fingerprint density at radius 2 is 1.61 bits per heavy atom. The highest BCUT2D eigenvalue weighted by Crippen LogP contribution is 2.32. The van der Waals surface area contributed by atoms with Crippen molar-refractivity contribution in [2.24, 2.45) is 0 Å². The monoisotopic (exact) mass is 301 g/mol. The van der Waals surface area contributed by atoms with Crippen LogP contribution in [0, 0.1) is 6.92 Å². The zero-order chi connectivity index (χ0) is 15.8. The maximum Gasteiger partial charge on any atom is 0.282 e. The zero-order valence-corrected chi connectivity index (χ0v) is 12.7. The van der Waals surface area contributed by atoms with Gasteiger partial charge in [-0.1, -0.05) is 48.5 Å². The van der Waals surface area contributed by atoms with Gasteiger partial charge in [-0.25, -0.2) is 0 Å². The molecule has 0 aromatic heterocycles. The average Bonchev–Trinajstić information content (AvgIpc) is 2.93. The van der Waals surface area contributed by atoms with E-state index < -0.39 is 0 Å². The summed E-state index contributed by atoms with van der Waals surface area (Å²) >= 11 is 0. The maximum absolute atomic E-state index is 12.7. The summed E-state index contributed by atoms with van der Waals surface area (Å²) in [7, 11) is 0. The number of aryl methyl sites for hydroxylation is 1. The molecule has 0 atom stereocenters. The van der Waals surface area contributed by atoms with Gasteiger partial charge in [-0.15, -0.1) is 0 Å². The van der Waals surface area contributed by atoms with E-state index >= 15 is 0 Å². The SMILES string of the molecule is Cc1[nH]cc2c(=O)n(-c3ccccc3)nc-2c1-c1ccccc1. The number of nitrogens with zero attached hydrogens (tertiary/aromatic N) is 2. The van der Waals surface area contributed by atoms with E-state index in [9.17, 15) is 4.79 Å². The van der Waals surface area contributed by atoms with E-state index in [2.05, 4.69) is 10.1 Å². The Morgan fingerprint density at radius 3 is 2.30 bits per heavy atom. The molecule has 112 valence electrons. The van der Waals surface area contributed by atoms with Crippen molar-refractivity contribution in [3.63, 3.8) is 0 Å². The number of H-pyrrole nitrogens is 1. The highest BCUT2D eigenvalue weighted by molar-refractivity contribution is 5.82. The van der Waals surface area contributed by atoms with Gasteiger partial charge >= 0.3 is 0 Å². The van der Waals surface area contributed by atoms with Gasteiger partial charge in [0, 0.05) is 17.5 Å². The van der Waals surface area contributed by atoms with Crippen LogP contribution in [0.5, 0.6) is 0 Å². The largest absolute Gasteiger partial charge is 0.364 e. The summed E-state index contributed by atoms with van der Waals surface area (Å²) < 4.78 is 1.46. The lowest BCUT2D eigenvalue weighted by molar-refractivity contribution is 0.858. The molecule has 0 fully saturated rings. The molecule has 0 bridgehead atoms. The van der Waals surface area contributed by atoms with Crippen molar-refractivity contribution in [3.8, 4) is 28.1 Å². The summed E-state index contributed by atoms with van der Waals surface area (Å²) in [5.41, 5.74) is 4.98. The number of fused-ring (bicyclic) bond motifs is 1. The van der Waals surface area contributed by atoms with Crippen molar-refractivity contribution >= 4 is 0 Å². The third-order valence-corrected chi connectivity index (χ3v) is 3.99. The maximum atomic E-state index is 12.7. The fraction of sp³-hybridized carbons (Fsp3) is 0.0526. The van der Waals surface area contributed by atoms with Crippen LogP contribution < -0.4 is 5.56 Å². The molecule has 2 aliphatic rings. The Labute approximate surface area is 133 Å². The summed E-state index contributed by atoms with van der Waals surface area (Å²) in [6.07, 6.45) is 1.74. The van der Waals surface area contributed by atoms with Gasteiger partial charge in [0.2, 0.25) is 0 Å². The lowest BCUT2D eigenvalue weighted by Gasteiger charge is -2.09. The summed E-state index contributed by atoms with van der Waals surface area (Å²) in [5, 5.41) is 4.60. The molecule has 2 heterocycles. The predicted molar refractivity (Wildman–Crippen MR) is 91.0 cm³/mol. The van der Waals surface area contributed by atoms with Gasteiger partial charge in [-0.3, -0.25) is 4.79 Å². The van der Waals surface area contributed by atoms with Gasteiger partial charge in [-0.05, 0) is 24.6 Å². The van der Waals surface area contributed by atoms with E-state index in [1.54, 1.807) is 6.20 Å². The molecular formula is C19H15N3O. The van der Waals surface area contributed by atoms with E-state index in [1.165, 1.54) is 4.68 Å². The molecule has 23 heavy (non-hydrogen) atoms. The third-order valence-electron chi connectivity index (χ3n) is 3.99. The molecule has 2 aromatic carbocycles. The number of aromatic nitrogens is 3. The second-order valence-corrected chi connectivity index (χ2v) is 5.47. The second-order valence-electron chi connectivity index (χ2n) is 5.47. The Hall–Kier alpha value is -3.14.